The van der Waals surface area contributed by atoms with E-state index in [1.807, 2.05) is 13.8 Å². The molecule has 1 amide bonds. The van der Waals surface area contributed by atoms with Crippen LogP contribution >= 0.6 is 23.1 Å². The maximum Gasteiger partial charge on any atom is 0.269 e. The van der Waals surface area contributed by atoms with Crippen molar-refractivity contribution in [1.29, 1.82) is 0 Å². The zero-order valence-corrected chi connectivity index (χ0v) is 19.0. The molecule has 0 spiro atoms. The van der Waals surface area contributed by atoms with Gasteiger partial charge in [0, 0.05) is 17.7 Å². The smallest absolute Gasteiger partial charge is 0.269 e. The third-order valence-corrected chi connectivity index (χ3v) is 5.17. The highest BCUT2D eigenvalue weighted by Crippen LogP contribution is 2.26. The SMILES string of the molecule is Cc1nsc(NC(=O)[C@H](COC(C)C)Oc2ncnc3c2cnn3-c2ncccc2Cl)n1. The number of fused-ring (bicyclic) bond motifs is 1. The molecule has 4 heterocycles. The van der Waals surface area contributed by atoms with Crippen LogP contribution in [0.25, 0.3) is 16.9 Å². The van der Waals surface area contributed by atoms with Crippen molar-refractivity contribution in [3.05, 3.63) is 41.7 Å². The topological polar surface area (TPSA) is 130 Å². The molecule has 1 atom stereocenters. The van der Waals surface area contributed by atoms with E-state index in [2.05, 4.69) is 34.7 Å². The van der Waals surface area contributed by atoms with Crippen LogP contribution in [-0.2, 0) is 9.53 Å². The molecule has 166 valence electrons. The Kier molecular flexibility index (Phi) is 6.53. The minimum absolute atomic E-state index is 0.00693. The van der Waals surface area contributed by atoms with Crippen molar-refractivity contribution in [1.82, 2.24) is 34.1 Å². The zero-order chi connectivity index (χ0) is 22.7. The summed E-state index contributed by atoms with van der Waals surface area (Å²) < 4.78 is 17.1. The number of nitrogens with zero attached hydrogens (tertiary/aromatic N) is 7. The Bertz CT molecular complexity index is 1240. The van der Waals surface area contributed by atoms with Crippen LogP contribution in [0.3, 0.4) is 0 Å². The standard InChI is InChI=1S/C19H19ClN8O3S/c1-10(2)30-8-14(17(29)26-19-25-11(3)27-32-19)31-18-12-7-24-28(15(12)22-9-23-18)16-13(20)5-4-6-21-16/h4-7,9-10,14H,8H2,1-3H3,(H,25,26,27,29)/t14-/m0/s1. The number of halogens is 1. The molecule has 0 aliphatic carbocycles. The molecule has 0 bridgehead atoms. The second-order valence-corrected chi connectivity index (χ2v) is 8.06. The van der Waals surface area contributed by atoms with Gasteiger partial charge in [0.2, 0.25) is 17.1 Å². The summed E-state index contributed by atoms with van der Waals surface area (Å²) in [6.45, 7) is 5.48. The molecule has 0 saturated carbocycles. The first-order valence-electron chi connectivity index (χ1n) is 9.61. The maximum atomic E-state index is 12.9. The van der Waals surface area contributed by atoms with E-state index in [-0.39, 0.29) is 18.6 Å². The number of pyridine rings is 1. The van der Waals surface area contributed by atoms with E-state index in [0.717, 1.165) is 11.5 Å². The first-order chi connectivity index (χ1) is 15.4. The number of ether oxygens (including phenoxy) is 2. The number of aromatic nitrogens is 7. The molecule has 0 aliphatic heterocycles. The Balaban J connectivity index is 1.63. The van der Waals surface area contributed by atoms with Crippen LogP contribution in [0, 0.1) is 6.92 Å². The summed E-state index contributed by atoms with van der Waals surface area (Å²) >= 11 is 7.34. The van der Waals surface area contributed by atoms with Crippen molar-refractivity contribution >= 4 is 45.2 Å². The van der Waals surface area contributed by atoms with Crippen LogP contribution in [0.4, 0.5) is 5.13 Å². The van der Waals surface area contributed by atoms with Crippen LogP contribution < -0.4 is 10.1 Å². The van der Waals surface area contributed by atoms with Gasteiger partial charge in [-0.05, 0) is 32.9 Å². The lowest BCUT2D eigenvalue weighted by Gasteiger charge is -2.19. The van der Waals surface area contributed by atoms with Crippen molar-refractivity contribution in [2.75, 3.05) is 11.9 Å². The van der Waals surface area contributed by atoms with E-state index >= 15 is 0 Å². The fourth-order valence-electron chi connectivity index (χ4n) is 2.72. The second-order valence-electron chi connectivity index (χ2n) is 6.91. The minimum Gasteiger partial charge on any atom is -0.461 e. The predicted molar refractivity (Wildman–Crippen MR) is 118 cm³/mol. The number of anilines is 1. The number of carbonyl (C=O) groups excluding carboxylic acids is 1. The molecule has 0 saturated heterocycles. The van der Waals surface area contributed by atoms with Crippen molar-refractivity contribution in [3.63, 3.8) is 0 Å². The van der Waals surface area contributed by atoms with Gasteiger partial charge in [-0.15, -0.1) is 0 Å². The Hall–Kier alpha value is -3.22. The van der Waals surface area contributed by atoms with Crippen LogP contribution in [0.2, 0.25) is 5.02 Å². The molecule has 32 heavy (non-hydrogen) atoms. The average molecular weight is 475 g/mol. The molecule has 4 aromatic heterocycles. The third kappa shape index (κ3) is 4.82. The molecule has 0 radical (unpaired) electrons. The molecule has 0 aromatic carbocycles. The van der Waals surface area contributed by atoms with Gasteiger partial charge in [-0.1, -0.05) is 11.6 Å². The molecule has 4 aromatic rings. The highest BCUT2D eigenvalue weighted by molar-refractivity contribution is 7.09. The van der Waals surface area contributed by atoms with Crippen molar-refractivity contribution < 1.29 is 14.3 Å². The van der Waals surface area contributed by atoms with Gasteiger partial charge in [-0.25, -0.2) is 19.9 Å². The highest BCUT2D eigenvalue weighted by atomic mass is 35.5. The average Bonchev–Trinajstić information content (AvgIpc) is 3.37. The van der Waals surface area contributed by atoms with Gasteiger partial charge < -0.3 is 9.47 Å². The fourth-order valence-corrected chi connectivity index (χ4v) is 3.50. The van der Waals surface area contributed by atoms with E-state index in [9.17, 15) is 4.79 Å². The Morgan fingerprint density at radius 3 is 2.88 bits per heavy atom. The lowest BCUT2D eigenvalue weighted by molar-refractivity contribution is -0.126. The molecule has 13 heteroatoms. The van der Waals surface area contributed by atoms with Gasteiger partial charge in [-0.3, -0.25) is 10.1 Å². The van der Waals surface area contributed by atoms with E-state index in [1.165, 1.54) is 17.2 Å². The molecule has 11 nitrogen and oxygen atoms in total. The van der Waals surface area contributed by atoms with Gasteiger partial charge in [0.25, 0.3) is 5.91 Å². The van der Waals surface area contributed by atoms with Crippen molar-refractivity contribution in [3.8, 4) is 11.7 Å². The Morgan fingerprint density at radius 1 is 1.31 bits per heavy atom. The van der Waals surface area contributed by atoms with Gasteiger partial charge in [0.05, 0.1) is 23.9 Å². The number of nitrogens with one attached hydrogen (secondary N) is 1. The molecule has 0 aliphatic rings. The summed E-state index contributed by atoms with van der Waals surface area (Å²) in [6.07, 6.45) is 3.35. The summed E-state index contributed by atoms with van der Waals surface area (Å²) in [5.74, 6) is 0.722. The normalized spacial score (nSPS) is 12.3. The molecule has 4 rings (SSSR count). The number of rotatable bonds is 8. The van der Waals surface area contributed by atoms with Gasteiger partial charge >= 0.3 is 0 Å². The largest absolute Gasteiger partial charge is 0.461 e. The number of hydrogen-bond acceptors (Lipinski definition) is 10. The molecular weight excluding hydrogens is 456 g/mol. The van der Waals surface area contributed by atoms with Crippen LogP contribution in [-0.4, -0.2) is 58.8 Å². The lowest BCUT2D eigenvalue weighted by atomic mass is 10.3. The van der Waals surface area contributed by atoms with E-state index in [0.29, 0.717) is 32.8 Å². The van der Waals surface area contributed by atoms with Gasteiger partial charge in [-0.2, -0.15) is 14.2 Å². The van der Waals surface area contributed by atoms with Crippen molar-refractivity contribution in [2.24, 2.45) is 0 Å². The first-order valence-corrected chi connectivity index (χ1v) is 10.8. The van der Waals surface area contributed by atoms with E-state index < -0.39 is 12.0 Å². The highest BCUT2D eigenvalue weighted by Gasteiger charge is 2.25. The minimum atomic E-state index is -0.999. The summed E-state index contributed by atoms with van der Waals surface area (Å²) in [6, 6.07) is 3.42. The molecule has 0 unspecified atom stereocenters. The van der Waals surface area contributed by atoms with Crippen LogP contribution in [0.5, 0.6) is 5.88 Å². The van der Waals surface area contributed by atoms with Gasteiger partial charge in [0.15, 0.2) is 11.5 Å². The number of amides is 1. The summed E-state index contributed by atoms with van der Waals surface area (Å²) in [5, 5.41) is 8.30. The molecule has 1 N–H and O–H groups in total. The van der Waals surface area contributed by atoms with Crippen LogP contribution in [0.1, 0.15) is 19.7 Å². The number of carbonyl (C=O) groups is 1. The molecule has 0 fully saturated rings. The Labute approximate surface area is 192 Å². The quantitative estimate of drug-likeness (QED) is 0.409. The number of hydrogen-bond donors (Lipinski definition) is 1. The number of aryl methyl sites for hydroxylation is 1. The Morgan fingerprint density at radius 2 is 2.16 bits per heavy atom. The van der Waals surface area contributed by atoms with Crippen LogP contribution in [0.15, 0.2) is 30.9 Å². The summed E-state index contributed by atoms with van der Waals surface area (Å²) in [7, 11) is 0. The fraction of sp³-hybridized carbons (Fsp3) is 0.316. The van der Waals surface area contributed by atoms with Crippen molar-refractivity contribution in [2.45, 2.75) is 33.0 Å². The summed E-state index contributed by atoms with van der Waals surface area (Å²) in [4.78, 5) is 29.8. The van der Waals surface area contributed by atoms with E-state index in [1.54, 1.807) is 25.3 Å². The van der Waals surface area contributed by atoms with E-state index in [4.69, 9.17) is 21.1 Å². The molecular formula is C19H19ClN8O3S. The zero-order valence-electron chi connectivity index (χ0n) is 17.4. The first kappa shape index (κ1) is 22.0. The summed E-state index contributed by atoms with van der Waals surface area (Å²) in [5.41, 5.74) is 0.430. The predicted octanol–water partition coefficient (Wildman–Crippen LogP) is 2.83. The van der Waals surface area contributed by atoms with Gasteiger partial charge in [0.1, 0.15) is 17.5 Å². The monoisotopic (exact) mass is 474 g/mol. The maximum absolute atomic E-state index is 12.9. The second kappa shape index (κ2) is 9.51. The third-order valence-electron chi connectivity index (χ3n) is 4.15. The lowest BCUT2D eigenvalue weighted by Crippen LogP contribution is -2.38.